The number of thioether (sulfide) groups is 1. The first kappa shape index (κ1) is 21.8. The molecule has 1 aliphatic heterocycles. The Morgan fingerprint density at radius 1 is 1.28 bits per heavy atom. The molecule has 2 aromatic rings. The number of amides is 1. The summed E-state index contributed by atoms with van der Waals surface area (Å²) in [4.78, 5) is 16.9. The average Bonchev–Trinajstić information content (AvgIpc) is 3.09. The maximum absolute atomic E-state index is 12.7. The van der Waals surface area contributed by atoms with Gasteiger partial charge in [-0.25, -0.2) is 0 Å². The van der Waals surface area contributed by atoms with Crippen molar-refractivity contribution in [3.05, 3.63) is 41.7 Å². The molecule has 1 aliphatic rings. The second-order valence-corrected chi connectivity index (χ2v) is 9.12. The third-order valence-electron chi connectivity index (χ3n) is 5.57. The zero-order valence-corrected chi connectivity index (χ0v) is 18.9. The van der Waals surface area contributed by atoms with E-state index < -0.39 is 0 Å². The van der Waals surface area contributed by atoms with Crippen LogP contribution in [0.5, 0.6) is 0 Å². The zero-order chi connectivity index (χ0) is 20.8. The summed E-state index contributed by atoms with van der Waals surface area (Å²) in [6, 6.07) is 10.6. The smallest absolute Gasteiger partial charge is 0.233 e. The summed E-state index contributed by atoms with van der Waals surface area (Å²) in [6.07, 6.45) is 3.27. The summed E-state index contributed by atoms with van der Waals surface area (Å²) < 4.78 is 2.18. The number of benzene rings is 1. The lowest BCUT2D eigenvalue weighted by molar-refractivity contribution is -0.130. The summed E-state index contributed by atoms with van der Waals surface area (Å²) in [5.74, 6) is 2.18. The van der Waals surface area contributed by atoms with Crippen molar-refractivity contribution in [2.24, 2.45) is 5.92 Å². The summed E-state index contributed by atoms with van der Waals surface area (Å²) in [6.45, 7) is 6.86. The van der Waals surface area contributed by atoms with Crippen LogP contribution in [0.2, 0.25) is 0 Å². The van der Waals surface area contributed by atoms with E-state index in [9.17, 15) is 4.79 Å². The highest BCUT2D eigenvalue weighted by Crippen LogP contribution is 2.27. The first-order chi connectivity index (χ1) is 14.0. The molecule has 1 fully saturated rings. The number of aromatic nitrogens is 3. The van der Waals surface area contributed by atoms with Gasteiger partial charge in [-0.15, -0.1) is 10.2 Å². The first-order valence-corrected chi connectivity index (χ1v) is 11.5. The van der Waals surface area contributed by atoms with Crippen LogP contribution in [0.1, 0.15) is 50.5 Å². The van der Waals surface area contributed by atoms with E-state index in [2.05, 4.69) is 71.9 Å². The lowest BCUT2D eigenvalue weighted by Crippen LogP contribution is -2.40. The third kappa shape index (κ3) is 5.60. The van der Waals surface area contributed by atoms with Crippen LogP contribution in [-0.4, -0.2) is 63.4 Å². The number of rotatable bonds is 8. The summed E-state index contributed by atoms with van der Waals surface area (Å²) in [7, 11) is 4.15. The van der Waals surface area contributed by atoms with E-state index in [0.29, 0.717) is 18.2 Å². The van der Waals surface area contributed by atoms with Crippen LogP contribution in [0.4, 0.5) is 0 Å². The largest absolute Gasteiger partial charge is 0.342 e. The highest BCUT2D eigenvalue weighted by molar-refractivity contribution is 7.99. The molecule has 1 aromatic heterocycles. The predicted octanol–water partition coefficient (Wildman–Crippen LogP) is 3.69. The lowest BCUT2D eigenvalue weighted by Gasteiger charge is -2.30. The van der Waals surface area contributed by atoms with Gasteiger partial charge in [-0.3, -0.25) is 9.69 Å². The van der Waals surface area contributed by atoms with Gasteiger partial charge in [0.25, 0.3) is 0 Å². The molecule has 7 heteroatoms. The van der Waals surface area contributed by atoms with Crippen LogP contribution in [-0.2, 0) is 11.3 Å². The molecule has 3 rings (SSSR count). The van der Waals surface area contributed by atoms with Gasteiger partial charge < -0.3 is 9.47 Å². The topological polar surface area (TPSA) is 54.3 Å². The fourth-order valence-corrected chi connectivity index (χ4v) is 4.83. The molecule has 0 aliphatic carbocycles. The van der Waals surface area contributed by atoms with Gasteiger partial charge in [0.15, 0.2) is 11.0 Å². The van der Waals surface area contributed by atoms with Gasteiger partial charge in [-0.1, -0.05) is 55.9 Å². The Hall–Kier alpha value is -1.86. The standard InChI is InChI=1S/C22H33N5OS/c1-5-19(25(3)4)21-23-24-22(27(21)15-18-11-7-6-8-12-18)29-16-20(28)26-13-9-10-17(2)14-26/h6-8,11-12,17,19H,5,9-10,13-16H2,1-4H3/t17-,19-/m1/s1. The number of piperidine rings is 1. The molecule has 0 spiro atoms. The number of hydrogen-bond donors (Lipinski definition) is 0. The fraction of sp³-hybridized carbons (Fsp3) is 0.591. The van der Waals surface area contributed by atoms with Crippen molar-refractivity contribution < 1.29 is 4.79 Å². The minimum atomic E-state index is 0.194. The quantitative estimate of drug-likeness (QED) is 0.616. The molecule has 0 radical (unpaired) electrons. The maximum atomic E-state index is 12.7. The SMILES string of the molecule is CC[C@H](c1nnc(SCC(=O)N2CCC[C@@H](C)C2)n1Cc1ccccc1)N(C)C. The van der Waals surface area contributed by atoms with Gasteiger partial charge in [-0.2, -0.15) is 0 Å². The Labute approximate surface area is 178 Å². The van der Waals surface area contributed by atoms with Gasteiger partial charge in [0.1, 0.15) is 0 Å². The van der Waals surface area contributed by atoms with Crippen LogP contribution < -0.4 is 0 Å². The molecule has 0 unspecified atom stereocenters. The summed E-state index contributed by atoms with van der Waals surface area (Å²) in [5.41, 5.74) is 1.21. The van der Waals surface area contributed by atoms with Crippen LogP contribution in [0.15, 0.2) is 35.5 Å². The molecule has 0 bridgehead atoms. The van der Waals surface area contributed by atoms with E-state index in [1.165, 1.54) is 23.7 Å². The average molecular weight is 416 g/mol. The minimum absolute atomic E-state index is 0.194. The third-order valence-corrected chi connectivity index (χ3v) is 6.52. The summed E-state index contributed by atoms with van der Waals surface area (Å²) >= 11 is 1.51. The van der Waals surface area contributed by atoms with Gasteiger partial charge in [0, 0.05) is 13.1 Å². The number of likely N-dealkylation sites (tertiary alicyclic amines) is 1. The van der Waals surface area contributed by atoms with Crippen LogP contribution in [0.3, 0.4) is 0 Å². The van der Waals surface area contributed by atoms with Gasteiger partial charge in [0.2, 0.25) is 5.91 Å². The highest BCUT2D eigenvalue weighted by Gasteiger charge is 2.24. The molecule has 158 valence electrons. The second kappa shape index (κ2) is 10.3. The van der Waals surface area contributed by atoms with E-state index in [1.54, 1.807) is 0 Å². The first-order valence-electron chi connectivity index (χ1n) is 10.5. The predicted molar refractivity (Wildman–Crippen MR) is 118 cm³/mol. The van der Waals surface area contributed by atoms with Crippen molar-refractivity contribution in [3.8, 4) is 0 Å². The van der Waals surface area contributed by atoms with E-state index in [1.807, 2.05) is 11.0 Å². The van der Waals surface area contributed by atoms with E-state index >= 15 is 0 Å². The lowest BCUT2D eigenvalue weighted by atomic mass is 10.0. The molecule has 1 saturated heterocycles. The zero-order valence-electron chi connectivity index (χ0n) is 18.0. The van der Waals surface area contributed by atoms with Crippen molar-refractivity contribution >= 4 is 17.7 Å². The molecule has 2 atom stereocenters. The normalized spacial score (nSPS) is 18.2. The molecule has 1 amide bonds. The molecular formula is C22H33N5OS. The van der Waals surface area contributed by atoms with Crippen LogP contribution >= 0.6 is 11.8 Å². The fourth-order valence-electron chi connectivity index (χ4n) is 3.98. The van der Waals surface area contributed by atoms with E-state index in [0.717, 1.165) is 36.9 Å². The number of carbonyl (C=O) groups excluding carboxylic acids is 1. The number of carbonyl (C=O) groups is 1. The van der Waals surface area contributed by atoms with E-state index in [4.69, 9.17) is 0 Å². The molecule has 0 saturated carbocycles. The summed E-state index contributed by atoms with van der Waals surface area (Å²) in [5, 5.41) is 9.83. The van der Waals surface area contributed by atoms with Gasteiger partial charge in [0.05, 0.1) is 18.3 Å². The number of hydrogen-bond acceptors (Lipinski definition) is 5. The minimum Gasteiger partial charge on any atom is -0.342 e. The highest BCUT2D eigenvalue weighted by atomic mass is 32.2. The Balaban J connectivity index is 1.78. The second-order valence-electron chi connectivity index (χ2n) is 8.18. The maximum Gasteiger partial charge on any atom is 0.233 e. The van der Waals surface area contributed by atoms with E-state index in [-0.39, 0.29) is 11.9 Å². The molecule has 2 heterocycles. The van der Waals surface area contributed by atoms with Crippen LogP contribution in [0.25, 0.3) is 0 Å². The van der Waals surface area contributed by atoms with Gasteiger partial charge >= 0.3 is 0 Å². The van der Waals surface area contributed by atoms with Crippen LogP contribution in [0, 0.1) is 5.92 Å². The number of nitrogens with zero attached hydrogens (tertiary/aromatic N) is 5. The Bertz CT molecular complexity index is 792. The van der Waals surface area contributed by atoms with Crippen molar-refractivity contribution in [3.63, 3.8) is 0 Å². The molecule has 6 nitrogen and oxygen atoms in total. The Morgan fingerprint density at radius 2 is 2.03 bits per heavy atom. The monoisotopic (exact) mass is 415 g/mol. The van der Waals surface area contributed by atoms with Crippen molar-refractivity contribution in [2.75, 3.05) is 32.9 Å². The Kier molecular flexibility index (Phi) is 7.72. The van der Waals surface area contributed by atoms with Crippen molar-refractivity contribution in [1.82, 2.24) is 24.6 Å². The van der Waals surface area contributed by atoms with Crippen molar-refractivity contribution in [2.45, 2.75) is 50.9 Å². The molecule has 0 N–H and O–H groups in total. The molecular weight excluding hydrogens is 382 g/mol. The Morgan fingerprint density at radius 3 is 2.69 bits per heavy atom. The van der Waals surface area contributed by atoms with Gasteiger partial charge in [-0.05, 0) is 44.8 Å². The molecule has 29 heavy (non-hydrogen) atoms. The van der Waals surface area contributed by atoms with Crippen molar-refractivity contribution in [1.29, 1.82) is 0 Å². The molecule has 1 aromatic carbocycles.